The average Bonchev–Trinajstić information content (AvgIpc) is 2.95. The van der Waals surface area contributed by atoms with E-state index in [0.717, 1.165) is 12.3 Å². The van der Waals surface area contributed by atoms with Crippen LogP contribution in [0.4, 0.5) is 10.2 Å². The lowest BCUT2D eigenvalue weighted by Gasteiger charge is -2.13. The first-order valence-electron chi connectivity index (χ1n) is 6.05. The Morgan fingerprint density at radius 3 is 3.00 bits per heavy atom. The molecule has 0 aliphatic carbocycles. The molecule has 2 aromatic heterocycles. The lowest BCUT2D eigenvalue weighted by atomic mass is 10.2. The molecule has 8 nitrogen and oxygen atoms in total. The zero-order valence-electron chi connectivity index (χ0n) is 11.0. The van der Waals surface area contributed by atoms with Crippen molar-refractivity contribution in [2.45, 2.75) is 19.9 Å². The summed E-state index contributed by atoms with van der Waals surface area (Å²) in [5.41, 5.74) is 0.127. The Kier molecular flexibility index (Phi) is 4.18. The maximum absolute atomic E-state index is 13.2. The normalized spacial score (nSPS) is 11.9. The summed E-state index contributed by atoms with van der Waals surface area (Å²) < 4.78 is 13.2. The Bertz CT molecular complexity index is 586. The van der Waals surface area contributed by atoms with Crippen LogP contribution in [0.25, 0.3) is 0 Å². The Labute approximate surface area is 114 Å². The highest BCUT2D eigenvalue weighted by molar-refractivity contribution is 5.98. The van der Waals surface area contributed by atoms with Gasteiger partial charge in [0, 0.05) is 6.54 Å². The molecule has 0 aromatic carbocycles. The molecule has 1 unspecified atom stereocenters. The molecule has 3 N–H and O–H groups in total. The van der Waals surface area contributed by atoms with Crippen molar-refractivity contribution in [3.05, 3.63) is 29.5 Å². The number of amides is 1. The number of carbonyl (C=O) groups excluding carboxylic acids is 1. The number of H-pyrrole nitrogens is 1. The van der Waals surface area contributed by atoms with Crippen molar-refractivity contribution in [2.75, 3.05) is 11.9 Å². The van der Waals surface area contributed by atoms with Gasteiger partial charge in [0.2, 0.25) is 0 Å². The summed E-state index contributed by atoms with van der Waals surface area (Å²) in [6, 6.07) is 0.669. The van der Waals surface area contributed by atoms with E-state index in [4.69, 9.17) is 0 Å². The Morgan fingerprint density at radius 1 is 1.55 bits per heavy atom. The predicted octanol–water partition coefficient (Wildman–Crippen LogP) is 0.657. The molecule has 0 spiro atoms. The summed E-state index contributed by atoms with van der Waals surface area (Å²) in [6.07, 6.45) is 1.05. The quantitative estimate of drug-likeness (QED) is 0.741. The average molecular weight is 279 g/mol. The third-order valence-corrected chi connectivity index (χ3v) is 2.54. The van der Waals surface area contributed by atoms with Gasteiger partial charge in [0.1, 0.15) is 11.6 Å². The first-order chi connectivity index (χ1) is 9.61. The molecule has 0 saturated carbocycles. The van der Waals surface area contributed by atoms with Gasteiger partial charge in [-0.2, -0.15) is 5.21 Å². The summed E-state index contributed by atoms with van der Waals surface area (Å²) in [6.45, 7) is 4.12. The molecular formula is C11H14FN7O. The Hall–Kier alpha value is -2.58. The number of pyridine rings is 1. The molecule has 9 heteroatoms. The summed E-state index contributed by atoms with van der Waals surface area (Å²) >= 11 is 0. The van der Waals surface area contributed by atoms with E-state index >= 15 is 0 Å². The predicted molar refractivity (Wildman–Crippen MR) is 68.4 cm³/mol. The van der Waals surface area contributed by atoms with Gasteiger partial charge >= 0.3 is 0 Å². The second-order valence-electron chi connectivity index (χ2n) is 4.05. The van der Waals surface area contributed by atoms with Crippen LogP contribution >= 0.6 is 0 Å². The minimum absolute atomic E-state index is 0.127. The number of nitrogens with zero attached hydrogens (tertiary/aromatic N) is 4. The molecule has 2 heterocycles. The molecule has 106 valence electrons. The number of carbonyl (C=O) groups is 1. The SMILES string of the molecule is CCNc1ncc(F)cc1C(=O)NC(C)c1nn[nH]n1. The first kappa shape index (κ1) is 13.8. The zero-order chi connectivity index (χ0) is 14.5. The molecule has 0 radical (unpaired) electrons. The molecule has 0 bridgehead atoms. The minimum Gasteiger partial charge on any atom is -0.370 e. The van der Waals surface area contributed by atoms with Gasteiger partial charge in [-0.15, -0.1) is 10.2 Å². The van der Waals surface area contributed by atoms with Gasteiger partial charge in [-0.1, -0.05) is 5.21 Å². The standard InChI is InChI=1S/C11H14FN7O/c1-3-13-10-8(4-7(12)5-14-10)11(20)15-6(2)9-16-18-19-17-9/h4-6H,3H2,1-2H3,(H,13,14)(H,15,20)(H,16,17,18,19). The molecule has 1 amide bonds. The van der Waals surface area contributed by atoms with E-state index in [-0.39, 0.29) is 5.56 Å². The Morgan fingerprint density at radius 2 is 2.35 bits per heavy atom. The number of hydrogen-bond donors (Lipinski definition) is 3. The van der Waals surface area contributed by atoms with Crippen LogP contribution in [0.15, 0.2) is 12.3 Å². The molecule has 1 atom stereocenters. The molecule has 2 aromatic rings. The molecule has 20 heavy (non-hydrogen) atoms. The summed E-state index contributed by atoms with van der Waals surface area (Å²) in [4.78, 5) is 16.0. The van der Waals surface area contributed by atoms with E-state index in [1.165, 1.54) is 0 Å². The van der Waals surface area contributed by atoms with Crippen LogP contribution < -0.4 is 10.6 Å². The maximum atomic E-state index is 13.2. The summed E-state index contributed by atoms with van der Waals surface area (Å²) in [5, 5.41) is 18.8. The molecular weight excluding hydrogens is 265 g/mol. The molecule has 0 aliphatic rings. The van der Waals surface area contributed by atoms with Crippen molar-refractivity contribution >= 4 is 11.7 Å². The summed E-state index contributed by atoms with van der Waals surface area (Å²) in [7, 11) is 0. The maximum Gasteiger partial charge on any atom is 0.255 e. The first-order valence-corrected chi connectivity index (χ1v) is 6.05. The minimum atomic E-state index is -0.580. The number of anilines is 1. The van der Waals surface area contributed by atoms with Gasteiger partial charge in [0.05, 0.1) is 17.8 Å². The zero-order valence-corrected chi connectivity index (χ0v) is 11.0. The topological polar surface area (TPSA) is 108 Å². The van der Waals surface area contributed by atoms with Crippen LogP contribution in [0.3, 0.4) is 0 Å². The number of rotatable bonds is 5. The fourth-order valence-corrected chi connectivity index (χ4v) is 1.61. The van der Waals surface area contributed by atoms with Gasteiger partial charge in [-0.05, 0) is 19.9 Å². The van der Waals surface area contributed by atoms with Crippen LogP contribution in [-0.2, 0) is 0 Å². The van der Waals surface area contributed by atoms with Crippen LogP contribution in [0.2, 0.25) is 0 Å². The highest BCUT2D eigenvalue weighted by atomic mass is 19.1. The van der Waals surface area contributed by atoms with Crippen molar-refractivity contribution in [2.24, 2.45) is 0 Å². The largest absolute Gasteiger partial charge is 0.370 e. The van der Waals surface area contributed by atoms with Crippen LogP contribution in [-0.4, -0.2) is 38.1 Å². The van der Waals surface area contributed by atoms with Crippen molar-refractivity contribution in [3.63, 3.8) is 0 Å². The lowest BCUT2D eigenvalue weighted by molar-refractivity contribution is 0.0938. The molecule has 2 rings (SSSR count). The highest BCUT2D eigenvalue weighted by Crippen LogP contribution is 2.15. The van der Waals surface area contributed by atoms with Crippen LogP contribution in [0, 0.1) is 5.82 Å². The molecule has 0 fully saturated rings. The van der Waals surface area contributed by atoms with Gasteiger partial charge in [-0.3, -0.25) is 4.79 Å². The van der Waals surface area contributed by atoms with Crippen molar-refractivity contribution in [3.8, 4) is 0 Å². The van der Waals surface area contributed by atoms with Gasteiger partial charge in [0.15, 0.2) is 5.82 Å². The molecule has 0 saturated heterocycles. The number of aromatic amines is 1. The number of halogens is 1. The highest BCUT2D eigenvalue weighted by Gasteiger charge is 2.18. The van der Waals surface area contributed by atoms with E-state index in [2.05, 4.69) is 36.2 Å². The van der Waals surface area contributed by atoms with Crippen LogP contribution in [0.1, 0.15) is 36.1 Å². The van der Waals surface area contributed by atoms with Gasteiger partial charge in [-0.25, -0.2) is 9.37 Å². The third kappa shape index (κ3) is 3.05. The monoisotopic (exact) mass is 279 g/mol. The smallest absolute Gasteiger partial charge is 0.255 e. The second-order valence-corrected chi connectivity index (χ2v) is 4.05. The van der Waals surface area contributed by atoms with Crippen molar-refractivity contribution in [1.82, 2.24) is 30.9 Å². The Balaban J connectivity index is 2.18. The lowest BCUT2D eigenvalue weighted by Crippen LogP contribution is -2.28. The fraction of sp³-hybridized carbons (Fsp3) is 0.364. The van der Waals surface area contributed by atoms with Crippen molar-refractivity contribution in [1.29, 1.82) is 0 Å². The third-order valence-electron chi connectivity index (χ3n) is 2.54. The number of tetrazole rings is 1. The van der Waals surface area contributed by atoms with Crippen LogP contribution in [0.5, 0.6) is 0 Å². The van der Waals surface area contributed by atoms with E-state index in [1.54, 1.807) is 6.92 Å². The van der Waals surface area contributed by atoms with Gasteiger partial charge < -0.3 is 10.6 Å². The number of aromatic nitrogens is 5. The summed E-state index contributed by atoms with van der Waals surface area (Å²) in [5.74, 6) is -0.381. The van der Waals surface area contributed by atoms with E-state index < -0.39 is 17.8 Å². The molecule has 0 aliphatic heterocycles. The van der Waals surface area contributed by atoms with Gasteiger partial charge in [0.25, 0.3) is 5.91 Å². The van der Waals surface area contributed by atoms with Crippen molar-refractivity contribution < 1.29 is 9.18 Å². The van der Waals surface area contributed by atoms with E-state index in [9.17, 15) is 9.18 Å². The second kappa shape index (κ2) is 6.04. The number of nitrogens with one attached hydrogen (secondary N) is 3. The fourth-order valence-electron chi connectivity index (χ4n) is 1.61. The van der Waals surface area contributed by atoms with E-state index in [1.807, 2.05) is 6.92 Å². The van der Waals surface area contributed by atoms with E-state index in [0.29, 0.717) is 18.2 Å². The number of hydrogen-bond acceptors (Lipinski definition) is 6.